The molecule has 1 amide bonds. The fraction of sp³-hybridized carbons (Fsp3) is 0.0833. The lowest BCUT2D eigenvalue weighted by atomic mass is 10.2. The molecular formula is C12H11N3O2. The zero-order chi connectivity index (χ0) is 12.1. The number of rotatable bonds is 3. The van der Waals surface area contributed by atoms with Gasteiger partial charge < -0.3 is 10.3 Å². The third-order valence-electron chi connectivity index (χ3n) is 2.26. The standard InChI is InChI=1S/C12H11N3O2/c16-11-10(4-2-6-14-11)8-15-12(17)9-3-1-5-13-7-9/h1-7H,8H2,(H,14,16)(H,15,17). The van der Waals surface area contributed by atoms with Crippen molar-refractivity contribution in [2.45, 2.75) is 6.54 Å². The molecule has 0 aliphatic heterocycles. The van der Waals surface area contributed by atoms with E-state index in [2.05, 4.69) is 15.3 Å². The summed E-state index contributed by atoms with van der Waals surface area (Å²) in [6.07, 6.45) is 4.62. The van der Waals surface area contributed by atoms with Crippen molar-refractivity contribution in [1.82, 2.24) is 15.3 Å². The van der Waals surface area contributed by atoms with Gasteiger partial charge in [-0.15, -0.1) is 0 Å². The van der Waals surface area contributed by atoms with Crippen molar-refractivity contribution >= 4 is 5.91 Å². The Hall–Kier alpha value is -2.43. The van der Waals surface area contributed by atoms with E-state index in [1.165, 1.54) is 6.20 Å². The van der Waals surface area contributed by atoms with Crippen LogP contribution in [-0.2, 0) is 6.54 Å². The highest BCUT2D eigenvalue weighted by atomic mass is 16.1. The lowest BCUT2D eigenvalue weighted by Crippen LogP contribution is -2.26. The Kier molecular flexibility index (Phi) is 3.30. The van der Waals surface area contributed by atoms with Crippen LogP contribution < -0.4 is 10.9 Å². The van der Waals surface area contributed by atoms with E-state index < -0.39 is 0 Å². The van der Waals surface area contributed by atoms with Crippen LogP contribution in [-0.4, -0.2) is 15.9 Å². The first-order chi connectivity index (χ1) is 8.27. The van der Waals surface area contributed by atoms with Gasteiger partial charge in [0.2, 0.25) is 0 Å². The van der Waals surface area contributed by atoms with Crippen LogP contribution >= 0.6 is 0 Å². The third-order valence-corrected chi connectivity index (χ3v) is 2.26. The van der Waals surface area contributed by atoms with Gasteiger partial charge in [-0.2, -0.15) is 0 Å². The highest BCUT2D eigenvalue weighted by Crippen LogP contribution is 1.96. The minimum absolute atomic E-state index is 0.195. The summed E-state index contributed by atoms with van der Waals surface area (Å²) in [5, 5.41) is 2.66. The van der Waals surface area contributed by atoms with Crippen molar-refractivity contribution in [2.24, 2.45) is 0 Å². The van der Waals surface area contributed by atoms with Gasteiger partial charge in [-0.25, -0.2) is 0 Å². The number of amides is 1. The molecule has 0 spiro atoms. The summed E-state index contributed by atoms with van der Waals surface area (Å²) >= 11 is 0. The van der Waals surface area contributed by atoms with Crippen LogP contribution in [0.5, 0.6) is 0 Å². The second-order valence-corrected chi connectivity index (χ2v) is 3.45. The molecule has 0 radical (unpaired) electrons. The molecule has 2 N–H and O–H groups in total. The Morgan fingerprint density at radius 2 is 2.24 bits per heavy atom. The quantitative estimate of drug-likeness (QED) is 0.813. The van der Waals surface area contributed by atoms with Gasteiger partial charge in [0.15, 0.2) is 0 Å². The molecule has 0 saturated heterocycles. The highest BCUT2D eigenvalue weighted by Gasteiger charge is 2.05. The van der Waals surface area contributed by atoms with Gasteiger partial charge in [-0.3, -0.25) is 14.6 Å². The van der Waals surface area contributed by atoms with E-state index in [1.807, 2.05) is 0 Å². The van der Waals surface area contributed by atoms with E-state index >= 15 is 0 Å². The predicted octanol–water partition coefficient (Wildman–Crippen LogP) is 0.700. The van der Waals surface area contributed by atoms with Crippen LogP contribution in [0.15, 0.2) is 47.7 Å². The number of aromatic nitrogens is 2. The molecule has 0 fully saturated rings. The van der Waals surface area contributed by atoms with Crippen molar-refractivity contribution < 1.29 is 4.79 Å². The number of carbonyl (C=O) groups is 1. The first kappa shape index (κ1) is 11.1. The minimum Gasteiger partial charge on any atom is -0.348 e. The fourth-order valence-corrected chi connectivity index (χ4v) is 1.37. The molecule has 86 valence electrons. The maximum atomic E-state index is 11.7. The van der Waals surface area contributed by atoms with Gasteiger partial charge in [0.25, 0.3) is 11.5 Å². The third kappa shape index (κ3) is 2.78. The van der Waals surface area contributed by atoms with Gasteiger partial charge in [-0.05, 0) is 18.2 Å². The van der Waals surface area contributed by atoms with E-state index in [4.69, 9.17) is 0 Å². The van der Waals surface area contributed by atoms with Gasteiger partial charge in [0.1, 0.15) is 0 Å². The summed E-state index contributed by atoms with van der Waals surface area (Å²) in [5.41, 5.74) is 0.795. The number of nitrogens with one attached hydrogen (secondary N) is 2. The van der Waals surface area contributed by atoms with Crippen LogP contribution in [0.25, 0.3) is 0 Å². The maximum Gasteiger partial charge on any atom is 0.253 e. The lowest BCUT2D eigenvalue weighted by molar-refractivity contribution is 0.0950. The van der Waals surface area contributed by atoms with E-state index in [0.29, 0.717) is 11.1 Å². The van der Waals surface area contributed by atoms with Crippen LogP contribution in [0.3, 0.4) is 0 Å². The number of aromatic amines is 1. The van der Waals surface area contributed by atoms with E-state index in [0.717, 1.165) is 0 Å². The molecule has 0 aliphatic carbocycles. The van der Waals surface area contributed by atoms with Gasteiger partial charge in [0.05, 0.1) is 5.56 Å². The van der Waals surface area contributed by atoms with Crippen LogP contribution in [0.4, 0.5) is 0 Å². The average Bonchev–Trinajstić information content (AvgIpc) is 2.38. The molecule has 17 heavy (non-hydrogen) atoms. The Bertz CT molecular complexity index is 563. The molecule has 0 bridgehead atoms. The number of hydrogen-bond donors (Lipinski definition) is 2. The van der Waals surface area contributed by atoms with E-state index in [1.54, 1.807) is 36.7 Å². The number of pyridine rings is 2. The predicted molar refractivity (Wildman–Crippen MR) is 62.5 cm³/mol. The maximum absolute atomic E-state index is 11.7. The molecule has 0 saturated carbocycles. The summed E-state index contributed by atoms with van der Waals surface area (Å²) in [6, 6.07) is 6.73. The van der Waals surface area contributed by atoms with Crippen molar-refractivity contribution in [2.75, 3.05) is 0 Å². The lowest BCUT2D eigenvalue weighted by Gasteiger charge is -2.03. The van der Waals surface area contributed by atoms with Gasteiger partial charge in [-0.1, -0.05) is 6.07 Å². The first-order valence-electron chi connectivity index (χ1n) is 5.12. The molecule has 2 aromatic rings. The molecule has 0 unspecified atom stereocenters. The van der Waals surface area contributed by atoms with E-state index in [9.17, 15) is 9.59 Å². The molecule has 0 atom stereocenters. The Balaban J connectivity index is 2.02. The zero-order valence-corrected chi connectivity index (χ0v) is 9.01. The number of carbonyl (C=O) groups excluding carboxylic acids is 1. The summed E-state index contributed by atoms with van der Waals surface area (Å²) in [7, 11) is 0. The monoisotopic (exact) mass is 229 g/mol. The summed E-state index contributed by atoms with van der Waals surface area (Å²) in [4.78, 5) is 29.4. The highest BCUT2D eigenvalue weighted by molar-refractivity contribution is 5.93. The largest absolute Gasteiger partial charge is 0.348 e. The van der Waals surface area contributed by atoms with Crippen molar-refractivity contribution in [3.05, 3.63) is 64.3 Å². The Labute approximate surface area is 97.5 Å². The molecule has 0 aliphatic rings. The second-order valence-electron chi connectivity index (χ2n) is 3.45. The Morgan fingerprint density at radius 1 is 1.35 bits per heavy atom. The number of nitrogens with zero attached hydrogens (tertiary/aromatic N) is 1. The first-order valence-corrected chi connectivity index (χ1v) is 5.12. The fourth-order valence-electron chi connectivity index (χ4n) is 1.37. The summed E-state index contributed by atoms with van der Waals surface area (Å²) in [5.74, 6) is -0.249. The molecule has 2 heterocycles. The van der Waals surface area contributed by atoms with Crippen LogP contribution in [0, 0.1) is 0 Å². The molecule has 0 aromatic carbocycles. The SMILES string of the molecule is O=C(NCc1ccc[nH]c1=O)c1cccnc1. The molecule has 2 aromatic heterocycles. The second kappa shape index (κ2) is 5.07. The summed E-state index contributed by atoms with van der Waals surface area (Å²) in [6.45, 7) is 0.198. The molecule has 5 heteroatoms. The molecule has 5 nitrogen and oxygen atoms in total. The van der Waals surface area contributed by atoms with Crippen molar-refractivity contribution in [3.63, 3.8) is 0 Å². The van der Waals surface area contributed by atoms with Crippen LogP contribution in [0.1, 0.15) is 15.9 Å². The van der Waals surface area contributed by atoms with Crippen molar-refractivity contribution in [1.29, 1.82) is 0 Å². The zero-order valence-electron chi connectivity index (χ0n) is 9.01. The number of hydrogen-bond acceptors (Lipinski definition) is 3. The Morgan fingerprint density at radius 3 is 2.94 bits per heavy atom. The normalized spacial score (nSPS) is 9.88. The molecule has 2 rings (SSSR count). The summed E-state index contributed by atoms with van der Waals surface area (Å²) < 4.78 is 0. The van der Waals surface area contributed by atoms with Crippen molar-refractivity contribution in [3.8, 4) is 0 Å². The van der Waals surface area contributed by atoms with Crippen LogP contribution in [0.2, 0.25) is 0 Å². The topological polar surface area (TPSA) is 74.8 Å². The number of H-pyrrole nitrogens is 1. The van der Waals surface area contributed by atoms with E-state index in [-0.39, 0.29) is 18.0 Å². The minimum atomic E-state index is -0.249. The molecular weight excluding hydrogens is 218 g/mol. The van der Waals surface area contributed by atoms with Gasteiger partial charge >= 0.3 is 0 Å². The average molecular weight is 229 g/mol. The van der Waals surface area contributed by atoms with Gasteiger partial charge in [0, 0.05) is 30.7 Å². The smallest absolute Gasteiger partial charge is 0.253 e.